The Balaban J connectivity index is 1.55. The molecule has 1 fully saturated rings. The first-order valence-corrected chi connectivity index (χ1v) is 9.90. The van der Waals surface area contributed by atoms with E-state index in [4.69, 9.17) is 4.74 Å². The molecule has 1 atom stereocenters. The highest BCUT2D eigenvalue weighted by Gasteiger charge is 2.22. The van der Waals surface area contributed by atoms with Crippen LogP contribution < -0.4 is 10.9 Å². The van der Waals surface area contributed by atoms with E-state index in [-0.39, 0.29) is 30.3 Å². The summed E-state index contributed by atoms with van der Waals surface area (Å²) in [6, 6.07) is 7.30. The lowest BCUT2D eigenvalue weighted by molar-refractivity contribution is -0.155. The number of carbonyl (C=O) groups is 2. The molecule has 3 rings (SSSR count). The van der Waals surface area contributed by atoms with Crippen molar-refractivity contribution in [2.45, 2.75) is 64.0 Å². The van der Waals surface area contributed by atoms with Crippen LogP contribution in [0.2, 0.25) is 0 Å². The van der Waals surface area contributed by atoms with E-state index in [1.165, 1.54) is 11.0 Å². The van der Waals surface area contributed by atoms with Gasteiger partial charge in [0.25, 0.3) is 11.5 Å². The van der Waals surface area contributed by atoms with E-state index >= 15 is 0 Å². The molecular formula is C21H27N3O4. The molecule has 0 saturated heterocycles. The molecule has 1 saturated carbocycles. The number of aromatic nitrogens is 2. The van der Waals surface area contributed by atoms with Crippen molar-refractivity contribution >= 4 is 22.8 Å². The molecule has 0 spiro atoms. The van der Waals surface area contributed by atoms with Crippen LogP contribution in [-0.4, -0.2) is 33.6 Å². The molecule has 2 aromatic rings. The number of aryl methyl sites for hydroxylation is 1. The van der Waals surface area contributed by atoms with Crippen molar-refractivity contribution < 1.29 is 14.3 Å². The standard InChI is InChI=1S/C21H27N3O4/c1-14(20(26)22-15-8-4-3-5-9-15)28-19(25)13-12-18-23-17-11-7-6-10-16(17)21(27)24(18)2/h6-7,10-11,14-15H,3-5,8-9,12-13H2,1-2H3,(H,22,26). The maximum Gasteiger partial charge on any atom is 0.307 e. The van der Waals surface area contributed by atoms with Crippen LogP contribution in [-0.2, 0) is 27.8 Å². The molecule has 0 aliphatic heterocycles. The summed E-state index contributed by atoms with van der Waals surface area (Å²) in [5, 5.41) is 3.51. The van der Waals surface area contributed by atoms with Crippen molar-refractivity contribution in [2.24, 2.45) is 7.05 Å². The molecule has 1 aliphatic rings. The van der Waals surface area contributed by atoms with Crippen LogP contribution in [0.25, 0.3) is 10.9 Å². The number of hydrogen-bond donors (Lipinski definition) is 1. The number of hydrogen-bond acceptors (Lipinski definition) is 5. The van der Waals surface area contributed by atoms with Gasteiger partial charge in [0.05, 0.1) is 17.3 Å². The highest BCUT2D eigenvalue weighted by Crippen LogP contribution is 2.17. The quantitative estimate of drug-likeness (QED) is 0.770. The third-order valence-corrected chi connectivity index (χ3v) is 5.26. The normalized spacial score (nSPS) is 15.9. The second-order valence-electron chi connectivity index (χ2n) is 7.38. The first-order chi connectivity index (χ1) is 13.5. The maximum atomic E-state index is 12.4. The van der Waals surface area contributed by atoms with Crippen LogP contribution in [0.4, 0.5) is 0 Å². The summed E-state index contributed by atoms with van der Waals surface area (Å²) in [7, 11) is 1.64. The number of ether oxygens (including phenoxy) is 1. The van der Waals surface area contributed by atoms with E-state index in [9.17, 15) is 14.4 Å². The Morgan fingerprint density at radius 1 is 1.25 bits per heavy atom. The predicted octanol–water partition coefficient (Wildman–Crippen LogP) is 2.25. The fraction of sp³-hybridized carbons (Fsp3) is 0.524. The summed E-state index contributed by atoms with van der Waals surface area (Å²) in [4.78, 5) is 41.3. The summed E-state index contributed by atoms with van der Waals surface area (Å²) in [5.41, 5.74) is 0.461. The molecule has 1 heterocycles. The van der Waals surface area contributed by atoms with Crippen molar-refractivity contribution in [3.8, 4) is 0 Å². The number of para-hydroxylation sites is 1. The molecule has 1 N–H and O–H groups in total. The molecule has 7 heteroatoms. The largest absolute Gasteiger partial charge is 0.453 e. The van der Waals surface area contributed by atoms with E-state index in [1.807, 2.05) is 6.07 Å². The highest BCUT2D eigenvalue weighted by molar-refractivity contribution is 5.83. The van der Waals surface area contributed by atoms with Crippen molar-refractivity contribution in [2.75, 3.05) is 0 Å². The number of amides is 1. The Labute approximate surface area is 164 Å². The van der Waals surface area contributed by atoms with Gasteiger partial charge >= 0.3 is 5.97 Å². The Morgan fingerprint density at radius 3 is 2.71 bits per heavy atom. The van der Waals surface area contributed by atoms with Crippen LogP contribution in [0.3, 0.4) is 0 Å². The minimum absolute atomic E-state index is 0.0552. The number of carbonyl (C=O) groups excluding carboxylic acids is 2. The molecule has 28 heavy (non-hydrogen) atoms. The van der Waals surface area contributed by atoms with Gasteiger partial charge in [-0.15, -0.1) is 0 Å². The number of nitrogens with zero attached hydrogens (tertiary/aromatic N) is 2. The summed E-state index contributed by atoms with van der Waals surface area (Å²) in [5.74, 6) is -0.217. The molecule has 0 radical (unpaired) electrons. The zero-order valence-corrected chi connectivity index (χ0v) is 16.4. The summed E-state index contributed by atoms with van der Waals surface area (Å²) < 4.78 is 6.72. The van der Waals surface area contributed by atoms with E-state index in [0.29, 0.717) is 16.7 Å². The van der Waals surface area contributed by atoms with Crippen LogP contribution in [0.15, 0.2) is 29.1 Å². The Bertz CT molecular complexity index is 915. The first-order valence-electron chi connectivity index (χ1n) is 9.90. The topological polar surface area (TPSA) is 90.3 Å². The minimum Gasteiger partial charge on any atom is -0.453 e. The van der Waals surface area contributed by atoms with Gasteiger partial charge in [0.15, 0.2) is 6.10 Å². The first kappa shape index (κ1) is 20.0. The van der Waals surface area contributed by atoms with E-state index < -0.39 is 12.1 Å². The van der Waals surface area contributed by atoms with Gasteiger partial charge in [0.1, 0.15) is 5.82 Å². The number of nitrogens with one attached hydrogen (secondary N) is 1. The molecule has 0 bridgehead atoms. The van der Waals surface area contributed by atoms with Crippen molar-refractivity contribution in [1.29, 1.82) is 0 Å². The van der Waals surface area contributed by atoms with Gasteiger partial charge < -0.3 is 10.1 Å². The molecule has 1 aliphatic carbocycles. The second kappa shape index (κ2) is 8.99. The van der Waals surface area contributed by atoms with Gasteiger partial charge in [0, 0.05) is 19.5 Å². The van der Waals surface area contributed by atoms with Crippen LogP contribution in [0.5, 0.6) is 0 Å². The van der Waals surface area contributed by atoms with Gasteiger partial charge in [-0.05, 0) is 31.9 Å². The molecule has 1 aromatic carbocycles. The number of rotatable bonds is 6. The fourth-order valence-corrected chi connectivity index (χ4v) is 3.58. The molecule has 7 nitrogen and oxygen atoms in total. The van der Waals surface area contributed by atoms with Crippen LogP contribution in [0.1, 0.15) is 51.3 Å². The smallest absolute Gasteiger partial charge is 0.307 e. The van der Waals surface area contributed by atoms with Gasteiger partial charge in [-0.2, -0.15) is 0 Å². The average Bonchev–Trinajstić information content (AvgIpc) is 2.70. The summed E-state index contributed by atoms with van der Waals surface area (Å²) in [6.07, 6.45) is 4.91. The van der Waals surface area contributed by atoms with Gasteiger partial charge in [-0.25, -0.2) is 4.98 Å². The maximum absolute atomic E-state index is 12.4. The Morgan fingerprint density at radius 2 is 1.96 bits per heavy atom. The van der Waals surface area contributed by atoms with E-state index in [0.717, 1.165) is 25.7 Å². The van der Waals surface area contributed by atoms with E-state index in [1.54, 1.807) is 32.2 Å². The third kappa shape index (κ3) is 4.77. The zero-order chi connectivity index (χ0) is 20.1. The molecule has 1 amide bonds. The van der Waals surface area contributed by atoms with Gasteiger partial charge in [-0.3, -0.25) is 19.0 Å². The summed E-state index contributed by atoms with van der Waals surface area (Å²) >= 11 is 0. The SMILES string of the molecule is CC(OC(=O)CCc1nc2ccccc2c(=O)n1C)C(=O)NC1CCCCC1. The lowest BCUT2D eigenvalue weighted by Crippen LogP contribution is -2.42. The van der Waals surface area contributed by atoms with Crippen molar-refractivity contribution in [3.63, 3.8) is 0 Å². The van der Waals surface area contributed by atoms with Gasteiger partial charge in [-0.1, -0.05) is 31.4 Å². The zero-order valence-electron chi connectivity index (χ0n) is 16.4. The van der Waals surface area contributed by atoms with E-state index in [2.05, 4.69) is 10.3 Å². The lowest BCUT2D eigenvalue weighted by atomic mass is 9.95. The number of benzene rings is 1. The Hall–Kier alpha value is -2.70. The predicted molar refractivity (Wildman–Crippen MR) is 106 cm³/mol. The molecule has 1 unspecified atom stereocenters. The Kier molecular flexibility index (Phi) is 6.44. The number of esters is 1. The molecule has 1 aromatic heterocycles. The minimum atomic E-state index is -0.831. The summed E-state index contributed by atoms with van der Waals surface area (Å²) in [6.45, 7) is 1.58. The molecule has 150 valence electrons. The van der Waals surface area contributed by atoms with Crippen molar-refractivity contribution in [3.05, 3.63) is 40.4 Å². The lowest BCUT2D eigenvalue weighted by Gasteiger charge is -2.24. The monoisotopic (exact) mass is 385 g/mol. The third-order valence-electron chi connectivity index (χ3n) is 5.26. The molecular weight excluding hydrogens is 358 g/mol. The van der Waals surface area contributed by atoms with Gasteiger partial charge in [0.2, 0.25) is 0 Å². The fourth-order valence-electron chi connectivity index (χ4n) is 3.58. The van der Waals surface area contributed by atoms with Crippen LogP contribution >= 0.6 is 0 Å². The second-order valence-corrected chi connectivity index (χ2v) is 7.38. The van der Waals surface area contributed by atoms with Crippen molar-refractivity contribution in [1.82, 2.24) is 14.9 Å². The number of fused-ring (bicyclic) bond motifs is 1. The highest BCUT2D eigenvalue weighted by atomic mass is 16.5. The average molecular weight is 385 g/mol. The van der Waals surface area contributed by atoms with Crippen LogP contribution in [0, 0.1) is 0 Å².